The smallest absolute Gasteiger partial charge is 0.133 e. The van der Waals surface area contributed by atoms with Crippen LogP contribution in [0, 0.1) is 6.92 Å². The molecule has 0 saturated heterocycles. The highest BCUT2D eigenvalue weighted by Crippen LogP contribution is 2.14. The number of anilines is 2. The predicted molar refractivity (Wildman–Crippen MR) is 64.4 cm³/mol. The highest BCUT2D eigenvalue weighted by Gasteiger charge is 1.96. The van der Waals surface area contributed by atoms with Gasteiger partial charge in [-0.3, -0.25) is 0 Å². The summed E-state index contributed by atoms with van der Waals surface area (Å²) in [6.45, 7) is 2.50. The van der Waals surface area contributed by atoms with Gasteiger partial charge in [-0.1, -0.05) is 12.1 Å². The van der Waals surface area contributed by atoms with Crippen LogP contribution >= 0.6 is 0 Å². The number of rotatable bonds is 3. The van der Waals surface area contributed by atoms with Gasteiger partial charge in [0.2, 0.25) is 0 Å². The second-order valence-electron chi connectivity index (χ2n) is 3.57. The number of hydrogen-bond donors (Lipinski definition) is 2. The molecular formula is C12H14N4. The SMILES string of the molecule is Cc1cc(Nc2ccc(CN)cc2)ncn1. The summed E-state index contributed by atoms with van der Waals surface area (Å²) in [4.78, 5) is 8.17. The van der Waals surface area contributed by atoms with Gasteiger partial charge in [0.1, 0.15) is 12.1 Å². The Kier molecular flexibility index (Phi) is 3.12. The topological polar surface area (TPSA) is 63.8 Å². The normalized spacial score (nSPS) is 10.1. The van der Waals surface area contributed by atoms with Gasteiger partial charge in [-0.15, -0.1) is 0 Å². The maximum atomic E-state index is 5.53. The van der Waals surface area contributed by atoms with Crippen LogP contribution < -0.4 is 11.1 Å². The molecule has 0 aliphatic carbocycles. The molecule has 1 heterocycles. The first-order valence-corrected chi connectivity index (χ1v) is 5.12. The van der Waals surface area contributed by atoms with Gasteiger partial charge in [-0.05, 0) is 24.6 Å². The van der Waals surface area contributed by atoms with E-state index in [9.17, 15) is 0 Å². The molecule has 82 valence electrons. The quantitative estimate of drug-likeness (QED) is 0.820. The van der Waals surface area contributed by atoms with Crippen LogP contribution in [0.5, 0.6) is 0 Å². The number of aryl methyl sites for hydroxylation is 1. The van der Waals surface area contributed by atoms with Crippen LogP contribution in [0.15, 0.2) is 36.7 Å². The van der Waals surface area contributed by atoms with Gasteiger partial charge in [0.15, 0.2) is 0 Å². The lowest BCUT2D eigenvalue weighted by molar-refractivity contribution is 1.07. The van der Waals surface area contributed by atoms with Crippen molar-refractivity contribution in [2.75, 3.05) is 5.32 Å². The van der Waals surface area contributed by atoms with Gasteiger partial charge in [0.05, 0.1) is 0 Å². The van der Waals surface area contributed by atoms with Crippen molar-refractivity contribution >= 4 is 11.5 Å². The number of nitrogens with zero attached hydrogens (tertiary/aromatic N) is 2. The van der Waals surface area contributed by atoms with Crippen molar-refractivity contribution in [2.45, 2.75) is 13.5 Å². The monoisotopic (exact) mass is 214 g/mol. The summed E-state index contributed by atoms with van der Waals surface area (Å²) in [5.41, 5.74) is 8.58. The van der Waals surface area contributed by atoms with Crippen molar-refractivity contribution in [1.29, 1.82) is 0 Å². The van der Waals surface area contributed by atoms with Crippen LogP contribution in [0.1, 0.15) is 11.3 Å². The Bertz CT molecular complexity index is 465. The number of aromatic nitrogens is 2. The fourth-order valence-corrected chi connectivity index (χ4v) is 1.39. The van der Waals surface area contributed by atoms with Crippen LogP contribution in [0.25, 0.3) is 0 Å². The number of benzene rings is 1. The zero-order valence-electron chi connectivity index (χ0n) is 9.14. The van der Waals surface area contributed by atoms with Crippen molar-refractivity contribution in [2.24, 2.45) is 5.73 Å². The van der Waals surface area contributed by atoms with Gasteiger partial charge in [0, 0.05) is 24.0 Å². The lowest BCUT2D eigenvalue weighted by atomic mass is 10.2. The minimum absolute atomic E-state index is 0.562. The molecule has 0 fully saturated rings. The fraction of sp³-hybridized carbons (Fsp3) is 0.167. The van der Waals surface area contributed by atoms with Crippen molar-refractivity contribution in [3.8, 4) is 0 Å². The highest BCUT2D eigenvalue weighted by atomic mass is 15.0. The Morgan fingerprint density at radius 1 is 1.19 bits per heavy atom. The standard InChI is InChI=1S/C12H14N4/c1-9-6-12(15-8-14-9)16-11-4-2-10(7-13)3-5-11/h2-6,8H,7,13H2,1H3,(H,14,15,16). The van der Waals surface area contributed by atoms with Gasteiger partial charge in [0.25, 0.3) is 0 Å². The van der Waals surface area contributed by atoms with Crippen LogP contribution in [-0.2, 0) is 6.54 Å². The van der Waals surface area contributed by atoms with Gasteiger partial charge in [-0.25, -0.2) is 9.97 Å². The Labute approximate surface area is 94.5 Å². The maximum absolute atomic E-state index is 5.53. The highest BCUT2D eigenvalue weighted by molar-refractivity contribution is 5.56. The van der Waals surface area contributed by atoms with E-state index in [0.717, 1.165) is 22.8 Å². The number of nitrogens with one attached hydrogen (secondary N) is 1. The van der Waals surface area contributed by atoms with Crippen LogP contribution in [0.4, 0.5) is 11.5 Å². The van der Waals surface area contributed by atoms with E-state index in [1.54, 1.807) is 6.33 Å². The zero-order valence-corrected chi connectivity index (χ0v) is 9.14. The van der Waals surface area contributed by atoms with E-state index in [1.807, 2.05) is 37.3 Å². The molecule has 0 saturated carbocycles. The molecule has 16 heavy (non-hydrogen) atoms. The molecule has 4 nitrogen and oxygen atoms in total. The average Bonchev–Trinajstić information content (AvgIpc) is 2.30. The van der Waals surface area contributed by atoms with Crippen molar-refractivity contribution in [1.82, 2.24) is 9.97 Å². The molecule has 1 aromatic carbocycles. The lowest BCUT2D eigenvalue weighted by Crippen LogP contribution is -1.98. The molecule has 0 aliphatic heterocycles. The van der Waals surface area contributed by atoms with Crippen LogP contribution in [-0.4, -0.2) is 9.97 Å². The third-order valence-electron chi connectivity index (χ3n) is 2.27. The largest absolute Gasteiger partial charge is 0.340 e. The molecule has 0 radical (unpaired) electrons. The molecule has 4 heteroatoms. The van der Waals surface area contributed by atoms with E-state index in [-0.39, 0.29) is 0 Å². The molecule has 0 aliphatic rings. The molecule has 0 atom stereocenters. The van der Waals surface area contributed by atoms with Gasteiger partial charge in [-0.2, -0.15) is 0 Å². The molecule has 0 bridgehead atoms. The first-order chi connectivity index (χ1) is 7.78. The Balaban J connectivity index is 2.14. The molecule has 3 N–H and O–H groups in total. The Morgan fingerprint density at radius 3 is 2.56 bits per heavy atom. The third kappa shape index (κ3) is 2.55. The first-order valence-electron chi connectivity index (χ1n) is 5.12. The summed E-state index contributed by atoms with van der Waals surface area (Å²) < 4.78 is 0. The number of nitrogens with two attached hydrogens (primary N) is 1. The summed E-state index contributed by atoms with van der Waals surface area (Å²) in [6.07, 6.45) is 1.55. The summed E-state index contributed by atoms with van der Waals surface area (Å²) in [7, 11) is 0. The second kappa shape index (κ2) is 4.72. The van der Waals surface area contributed by atoms with E-state index in [0.29, 0.717) is 6.54 Å². The summed E-state index contributed by atoms with van der Waals surface area (Å²) >= 11 is 0. The molecule has 0 spiro atoms. The van der Waals surface area contributed by atoms with Crippen molar-refractivity contribution in [3.63, 3.8) is 0 Å². The van der Waals surface area contributed by atoms with Gasteiger partial charge < -0.3 is 11.1 Å². The van der Waals surface area contributed by atoms with Gasteiger partial charge >= 0.3 is 0 Å². The maximum Gasteiger partial charge on any atom is 0.133 e. The lowest BCUT2D eigenvalue weighted by Gasteiger charge is -2.06. The zero-order chi connectivity index (χ0) is 11.4. The third-order valence-corrected chi connectivity index (χ3v) is 2.27. The molecule has 2 rings (SSSR count). The molecule has 2 aromatic rings. The van der Waals surface area contributed by atoms with E-state index < -0.39 is 0 Å². The predicted octanol–water partition coefficient (Wildman–Crippen LogP) is 1.99. The minimum atomic E-state index is 0.562. The van der Waals surface area contributed by atoms with E-state index in [4.69, 9.17) is 5.73 Å². The average molecular weight is 214 g/mol. The van der Waals surface area contributed by atoms with E-state index in [2.05, 4.69) is 15.3 Å². The summed E-state index contributed by atoms with van der Waals surface area (Å²) in [5, 5.41) is 3.20. The van der Waals surface area contributed by atoms with Crippen molar-refractivity contribution in [3.05, 3.63) is 47.9 Å². The Morgan fingerprint density at radius 2 is 1.94 bits per heavy atom. The minimum Gasteiger partial charge on any atom is -0.340 e. The number of hydrogen-bond acceptors (Lipinski definition) is 4. The van der Waals surface area contributed by atoms with Crippen LogP contribution in [0.2, 0.25) is 0 Å². The molecule has 0 unspecified atom stereocenters. The van der Waals surface area contributed by atoms with Crippen LogP contribution in [0.3, 0.4) is 0 Å². The second-order valence-corrected chi connectivity index (χ2v) is 3.57. The fourth-order valence-electron chi connectivity index (χ4n) is 1.39. The molecular weight excluding hydrogens is 200 g/mol. The Hall–Kier alpha value is -1.94. The van der Waals surface area contributed by atoms with E-state index >= 15 is 0 Å². The molecule has 0 amide bonds. The summed E-state index contributed by atoms with van der Waals surface area (Å²) in [5.74, 6) is 0.799. The van der Waals surface area contributed by atoms with Crippen molar-refractivity contribution < 1.29 is 0 Å². The first kappa shape index (κ1) is 10.6. The molecule has 1 aromatic heterocycles. The summed E-state index contributed by atoms with van der Waals surface area (Å²) in [6, 6.07) is 9.86. The van der Waals surface area contributed by atoms with E-state index in [1.165, 1.54) is 0 Å².